The molecule has 0 spiro atoms. The van der Waals surface area contributed by atoms with E-state index in [1.54, 1.807) is 18.2 Å². The van der Waals surface area contributed by atoms with E-state index < -0.39 is 71.8 Å². The number of rotatable bonds is 7. The molecule has 212 valence electrons. The largest absolute Gasteiger partial charge is 0.508 e. The first-order valence-corrected chi connectivity index (χ1v) is 11.8. The van der Waals surface area contributed by atoms with Gasteiger partial charge < -0.3 is 60.2 Å². The van der Waals surface area contributed by atoms with Gasteiger partial charge in [-0.2, -0.15) is 0 Å². The molecule has 9 N–H and O–H groups in total. The Kier molecular flexibility index (Phi) is 8.21. The second-order valence-electron chi connectivity index (χ2n) is 8.87. The van der Waals surface area contributed by atoms with E-state index in [1.165, 1.54) is 24.3 Å². The number of aliphatic hydroxyl groups excluding tert-OH is 3. The van der Waals surface area contributed by atoms with Gasteiger partial charge in [-0.3, -0.25) is 0 Å². The average Bonchev–Trinajstić information content (AvgIpc) is 2.91. The maximum atomic E-state index is 12.7. The standard InChI is InChI=1S/C27H26O13/c28-11-20-22(35)25(39-26(37)14-8-17(31)21(34)18(32)9-14)23(36)27(38-20)40-24-13(7-16(30)10-19(24)33)4-1-12-2-5-15(29)6-3-12/h1-10,20,22-23,25,27-36H,11H2/t20-,22-,23-,25+,27+/m1/s1. The highest BCUT2D eigenvalue weighted by Gasteiger charge is 2.48. The third-order valence-electron chi connectivity index (χ3n) is 6.04. The summed E-state index contributed by atoms with van der Waals surface area (Å²) in [5, 5.41) is 90.0. The summed E-state index contributed by atoms with van der Waals surface area (Å²) in [4.78, 5) is 12.7. The van der Waals surface area contributed by atoms with Gasteiger partial charge in [0.15, 0.2) is 41.0 Å². The summed E-state index contributed by atoms with van der Waals surface area (Å²) in [7, 11) is 0. The topological polar surface area (TPSA) is 227 Å². The Balaban J connectivity index is 1.61. The molecule has 0 bridgehead atoms. The number of aromatic hydroxyl groups is 6. The first-order chi connectivity index (χ1) is 19.0. The van der Waals surface area contributed by atoms with Crippen molar-refractivity contribution in [2.45, 2.75) is 30.7 Å². The molecule has 1 heterocycles. The van der Waals surface area contributed by atoms with Crippen molar-refractivity contribution in [3.63, 3.8) is 0 Å². The smallest absolute Gasteiger partial charge is 0.338 e. The monoisotopic (exact) mass is 558 g/mol. The molecule has 0 radical (unpaired) electrons. The Bertz CT molecular complexity index is 1380. The molecule has 0 aliphatic carbocycles. The molecule has 0 aromatic heterocycles. The summed E-state index contributed by atoms with van der Waals surface area (Å²) >= 11 is 0. The summed E-state index contributed by atoms with van der Waals surface area (Å²) in [6.45, 7) is -0.794. The van der Waals surface area contributed by atoms with Crippen molar-refractivity contribution in [3.8, 4) is 40.2 Å². The highest BCUT2D eigenvalue weighted by molar-refractivity contribution is 5.91. The van der Waals surface area contributed by atoms with Crippen molar-refractivity contribution in [3.05, 3.63) is 65.2 Å². The highest BCUT2D eigenvalue weighted by atomic mass is 16.7. The number of benzene rings is 3. The van der Waals surface area contributed by atoms with Crippen molar-refractivity contribution in [2.75, 3.05) is 6.61 Å². The van der Waals surface area contributed by atoms with E-state index in [1.807, 2.05) is 0 Å². The van der Waals surface area contributed by atoms with Crippen LogP contribution in [0.3, 0.4) is 0 Å². The zero-order valence-corrected chi connectivity index (χ0v) is 20.5. The lowest BCUT2D eigenvalue weighted by Gasteiger charge is -2.41. The highest BCUT2D eigenvalue weighted by Crippen LogP contribution is 2.39. The molecule has 3 aromatic carbocycles. The number of carbonyl (C=O) groups excluding carboxylic acids is 1. The van der Waals surface area contributed by atoms with E-state index in [4.69, 9.17) is 14.2 Å². The number of ether oxygens (including phenoxy) is 3. The Morgan fingerprint density at radius 3 is 2.10 bits per heavy atom. The lowest BCUT2D eigenvalue weighted by Crippen LogP contribution is -2.61. The molecule has 1 fully saturated rings. The summed E-state index contributed by atoms with van der Waals surface area (Å²) in [6.07, 6.45) is -5.55. The maximum absolute atomic E-state index is 12.7. The minimum absolute atomic E-state index is 0.0505. The molecule has 5 atom stereocenters. The first kappa shape index (κ1) is 28.3. The molecule has 40 heavy (non-hydrogen) atoms. The normalized spacial score (nSPS) is 22.7. The Labute approximate surface area is 226 Å². The second kappa shape index (κ2) is 11.6. The zero-order chi connectivity index (χ0) is 29.1. The molecule has 4 rings (SSSR count). The van der Waals surface area contributed by atoms with Gasteiger partial charge >= 0.3 is 5.97 Å². The Morgan fingerprint density at radius 2 is 1.48 bits per heavy atom. The van der Waals surface area contributed by atoms with E-state index in [0.717, 1.165) is 18.2 Å². The summed E-state index contributed by atoms with van der Waals surface area (Å²) in [5.41, 5.74) is 0.327. The van der Waals surface area contributed by atoms with E-state index in [-0.39, 0.29) is 22.8 Å². The molecule has 1 saturated heterocycles. The molecule has 0 amide bonds. The third kappa shape index (κ3) is 5.97. The zero-order valence-electron chi connectivity index (χ0n) is 20.5. The van der Waals surface area contributed by atoms with Gasteiger partial charge in [-0.05, 0) is 35.9 Å². The van der Waals surface area contributed by atoms with Crippen LogP contribution in [0.1, 0.15) is 21.5 Å². The van der Waals surface area contributed by atoms with Crippen LogP contribution in [0.2, 0.25) is 0 Å². The van der Waals surface area contributed by atoms with Gasteiger partial charge in [0, 0.05) is 11.6 Å². The van der Waals surface area contributed by atoms with E-state index >= 15 is 0 Å². The van der Waals surface area contributed by atoms with Crippen LogP contribution in [0.4, 0.5) is 0 Å². The number of carbonyl (C=O) groups is 1. The number of hydrogen-bond acceptors (Lipinski definition) is 13. The number of aliphatic hydroxyl groups is 3. The van der Waals surface area contributed by atoms with Crippen LogP contribution >= 0.6 is 0 Å². The maximum Gasteiger partial charge on any atom is 0.338 e. The van der Waals surface area contributed by atoms with Crippen LogP contribution < -0.4 is 4.74 Å². The number of esters is 1. The third-order valence-corrected chi connectivity index (χ3v) is 6.04. The van der Waals surface area contributed by atoms with Gasteiger partial charge in [0.1, 0.15) is 23.7 Å². The van der Waals surface area contributed by atoms with Crippen molar-refractivity contribution >= 4 is 18.1 Å². The van der Waals surface area contributed by atoms with Gasteiger partial charge in [0.2, 0.25) is 6.29 Å². The number of hydrogen-bond donors (Lipinski definition) is 9. The summed E-state index contributed by atoms with van der Waals surface area (Å²) in [5.74, 6) is -4.86. The molecule has 3 aromatic rings. The molecule has 1 aliphatic heterocycles. The number of phenolic OH excluding ortho intramolecular Hbond substituents is 6. The number of phenols is 6. The predicted octanol–water partition coefficient (Wildman–Crippen LogP) is 1.13. The summed E-state index contributed by atoms with van der Waals surface area (Å²) in [6, 6.07) is 9.87. The van der Waals surface area contributed by atoms with Crippen molar-refractivity contribution in [1.82, 2.24) is 0 Å². The van der Waals surface area contributed by atoms with Gasteiger partial charge in [0.05, 0.1) is 12.2 Å². The van der Waals surface area contributed by atoms with Crippen LogP contribution in [0.15, 0.2) is 48.5 Å². The lowest BCUT2D eigenvalue weighted by atomic mass is 9.98. The lowest BCUT2D eigenvalue weighted by molar-refractivity contribution is -0.277. The fourth-order valence-electron chi connectivity index (χ4n) is 3.96. The van der Waals surface area contributed by atoms with Crippen molar-refractivity contribution in [2.24, 2.45) is 0 Å². The van der Waals surface area contributed by atoms with Crippen molar-refractivity contribution in [1.29, 1.82) is 0 Å². The fourth-order valence-corrected chi connectivity index (χ4v) is 3.96. The van der Waals surface area contributed by atoms with E-state index in [9.17, 15) is 50.8 Å². The average molecular weight is 558 g/mol. The quantitative estimate of drug-likeness (QED) is 0.113. The van der Waals surface area contributed by atoms with Crippen LogP contribution in [0.25, 0.3) is 12.2 Å². The molecule has 0 unspecified atom stereocenters. The van der Waals surface area contributed by atoms with Gasteiger partial charge in [0.25, 0.3) is 0 Å². The predicted molar refractivity (Wildman–Crippen MR) is 136 cm³/mol. The Hall–Kier alpha value is -4.69. The molecule has 0 saturated carbocycles. The first-order valence-electron chi connectivity index (χ1n) is 11.8. The minimum atomic E-state index is -1.90. The molecule has 13 heteroatoms. The second-order valence-corrected chi connectivity index (χ2v) is 8.87. The molecule has 1 aliphatic rings. The van der Waals surface area contributed by atoms with Gasteiger partial charge in [-0.1, -0.05) is 24.3 Å². The van der Waals surface area contributed by atoms with Gasteiger partial charge in [-0.25, -0.2) is 4.79 Å². The van der Waals surface area contributed by atoms with Gasteiger partial charge in [-0.15, -0.1) is 0 Å². The van der Waals surface area contributed by atoms with Crippen LogP contribution in [0, 0.1) is 0 Å². The van der Waals surface area contributed by atoms with Crippen LogP contribution in [-0.2, 0) is 9.47 Å². The van der Waals surface area contributed by atoms with E-state index in [2.05, 4.69) is 0 Å². The molecule has 13 nitrogen and oxygen atoms in total. The van der Waals surface area contributed by atoms with Crippen LogP contribution in [0.5, 0.6) is 40.2 Å². The van der Waals surface area contributed by atoms with Crippen LogP contribution in [-0.4, -0.2) is 89.2 Å². The SMILES string of the molecule is O=C(O[C@@H]1[C@@H](O)[C@H](Oc2c(O)cc(O)cc2C=Cc2ccc(O)cc2)O[C@H](CO)[C@H]1O)c1cc(O)c(O)c(O)c1. The molecular weight excluding hydrogens is 532 g/mol. The minimum Gasteiger partial charge on any atom is -0.508 e. The van der Waals surface area contributed by atoms with E-state index in [0.29, 0.717) is 5.56 Å². The Morgan fingerprint density at radius 1 is 0.825 bits per heavy atom. The summed E-state index contributed by atoms with van der Waals surface area (Å²) < 4.78 is 16.3. The fraction of sp³-hybridized carbons (Fsp3) is 0.222. The molecular formula is C27H26O13. The van der Waals surface area contributed by atoms with Crippen molar-refractivity contribution < 1.29 is 65.0 Å².